The molecule has 0 aliphatic carbocycles. The fourth-order valence-corrected chi connectivity index (χ4v) is 5.62. The number of thioether (sulfide) groups is 2. The fraction of sp³-hybridized carbons (Fsp3) is 0.500. The quantitative estimate of drug-likeness (QED) is 0.821. The van der Waals surface area contributed by atoms with Crippen LogP contribution in [0.25, 0.3) is 0 Å². The van der Waals surface area contributed by atoms with Crippen LogP contribution in [0.3, 0.4) is 0 Å². The van der Waals surface area contributed by atoms with Crippen molar-refractivity contribution in [3.63, 3.8) is 0 Å². The number of hydrogen-bond acceptors (Lipinski definition) is 5. The summed E-state index contributed by atoms with van der Waals surface area (Å²) in [6.07, 6.45) is 0. The van der Waals surface area contributed by atoms with E-state index >= 15 is 0 Å². The zero-order chi connectivity index (χ0) is 14.8. The molecular formula is C12H17FN2O2S3. The zero-order valence-electron chi connectivity index (χ0n) is 11.1. The molecule has 0 radical (unpaired) electrons. The van der Waals surface area contributed by atoms with Crippen LogP contribution < -0.4 is 10.5 Å². The van der Waals surface area contributed by atoms with Crippen molar-refractivity contribution in [1.29, 1.82) is 0 Å². The zero-order valence-corrected chi connectivity index (χ0v) is 13.5. The molecule has 3 N–H and O–H groups in total. The minimum Gasteiger partial charge on any atom is -0.398 e. The summed E-state index contributed by atoms with van der Waals surface area (Å²) in [5, 5.41) is 0.260. The van der Waals surface area contributed by atoms with Crippen LogP contribution in [0.1, 0.15) is 5.56 Å². The minimum atomic E-state index is -3.71. The summed E-state index contributed by atoms with van der Waals surface area (Å²) < 4.78 is 40.4. The Bertz CT molecular complexity index is 563. The number of benzene rings is 1. The van der Waals surface area contributed by atoms with Gasteiger partial charge in [-0.15, -0.1) is 0 Å². The van der Waals surface area contributed by atoms with Crippen LogP contribution in [0.5, 0.6) is 0 Å². The Balaban J connectivity index is 2.10. The second-order valence-electron chi connectivity index (χ2n) is 4.54. The number of hydrogen-bond donors (Lipinski definition) is 2. The lowest BCUT2D eigenvalue weighted by atomic mass is 10.2. The van der Waals surface area contributed by atoms with Crippen molar-refractivity contribution >= 4 is 39.2 Å². The molecular weight excluding hydrogens is 319 g/mol. The van der Waals surface area contributed by atoms with Gasteiger partial charge in [0.25, 0.3) is 0 Å². The molecule has 1 aromatic rings. The summed E-state index contributed by atoms with van der Waals surface area (Å²) in [6.45, 7) is 1.87. The van der Waals surface area contributed by atoms with Gasteiger partial charge in [-0.3, -0.25) is 0 Å². The van der Waals surface area contributed by atoms with Crippen LogP contribution in [0.15, 0.2) is 17.0 Å². The van der Waals surface area contributed by atoms with Gasteiger partial charge in [0.2, 0.25) is 10.0 Å². The maximum atomic E-state index is 13.6. The maximum absolute atomic E-state index is 13.6. The van der Waals surface area contributed by atoms with Crippen molar-refractivity contribution in [3.8, 4) is 0 Å². The summed E-state index contributed by atoms with van der Waals surface area (Å²) >= 11 is 3.58. The first-order valence-electron chi connectivity index (χ1n) is 6.15. The van der Waals surface area contributed by atoms with Gasteiger partial charge >= 0.3 is 0 Å². The van der Waals surface area contributed by atoms with Crippen LogP contribution in [-0.2, 0) is 10.0 Å². The van der Waals surface area contributed by atoms with Crippen LogP contribution in [0.4, 0.5) is 10.1 Å². The minimum absolute atomic E-state index is 0.119. The van der Waals surface area contributed by atoms with Crippen molar-refractivity contribution in [1.82, 2.24) is 4.72 Å². The SMILES string of the molecule is Cc1c(N)cc(S(=O)(=O)NCC2CSCCS2)cc1F. The number of nitrogen functional groups attached to an aromatic ring is 1. The normalized spacial score (nSPS) is 20.0. The van der Waals surface area contributed by atoms with Crippen LogP contribution in [0.2, 0.25) is 0 Å². The van der Waals surface area contributed by atoms with E-state index in [0.29, 0.717) is 6.54 Å². The van der Waals surface area contributed by atoms with Crippen LogP contribution >= 0.6 is 23.5 Å². The van der Waals surface area contributed by atoms with Gasteiger partial charge in [-0.1, -0.05) is 0 Å². The van der Waals surface area contributed by atoms with Gasteiger partial charge < -0.3 is 5.73 Å². The molecule has 0 bridgehead atoms. The summed E-state index contributed by atoms with van der Waals surface area (Å²) in [7, 11) is -3.71. The van der Waals surface area contributed by atoms with E-state index in [1.165, 1.54) is 13.0 Å². The number of nitrogens with two attached hydrogens (primary N) is 1. The predicted molar refractivity (Wildman–Crippen MR) is 84.3 cm³/mol. The summed E-state index contributed by atoms with van der Waals surface area (Å²) in [5.74, 6) is 2.46. The Morgan fingerprint density at radius 2 is 2.20 bits per heavy atom. The Morgan fingerprint density at radius 3 is 2.80 bits per heavy atom. The van der Waals surface area contributed by atoms with Crippen LogP contribution in [0, 0.1) is 12.7 Å². The Hall–Kier alpha value is -0.440. The lowest BCUT2D eigenvalue weighted by Gasteiger charge is -2.21. The second-order valence-corrected chi connectivity index (χ2v) is 8.86. The van der Waals surface area contributed by atoms with E-state index in [4.69, 9.17) is 5.73 Å². The molecule has 8 heteroatoms. The molecule has 0 saturated carbocycles. The Kier molecular flexibility index (Phi) is 5.22. The van der Waals surface area contributed by atoms with Crippen molar-refractivity contribution in [2.24, 2.45) is 0 Å². The summed E-state index contributed by atoms with van der Waals surface area (Å²) in [5.41, 5.74) is 6.03. The van der Waals surface area contributed by atoms with E-state index in [0.717, 1.165) is 23.3 Å². The van der Waals surface area contributed by atoms with Crippen molar-refractivity contribution in [2.75, 3.05) is 29.5 Å². The van der Waals surface area contributed by atoms with Crippen molar-refractivity contribution < 1.29 is 12.8 Å². The number of anilines is 1. The van der Waals surface area contributed by atoms with Crippen molar-refractivity contribution in [2.45, 2.75) is 17.1 Å². The number of nitrogens with one attached hydrogen (secondary N) is 1. The smallest absolute Gasteiger partial charge is 0.240 e. The topological polar surface area (TPSA) is 72.2 Å². The Labute approximate surface area is 127 Å². The highest BCUT2D eigenvalue weighted by Crippen LogP contribution is 2.24. The molecule has 1 fully saturated rings. The third-order valence-corrected chi connectivity index (χ3v) is 7.30. The van der Waals surface area contributed by atoms with Gasteiger partial charge in [0.1, 0.15) is 5.82 Å². The molecule has 2 rings (SSSR count). The van der Waals surface area contributed by atoms with E-state index in [9.17, 15) is 12.8 Å². The lowest BCUT2D eigenvalue weighted by Crippen LogP contribution is -2.33. The number of sulfonamides is 1. The lowest BCUT2D eigenvalue weighted by molar-refractivity contribution is 0.577. The predicted octanol–water partition coefficient (Wildman–Crippen LogP) is 1.84. The van der Waals surface area contributed by atoms with Gasteiger partial charge in [-0.2, -0.15) is 23.5 Å². The van der Waals surface area contributed by atoms with E-state index < -0.39 is 15.8 Å². The van der Waals surface area contributed by atoms with Gasteiger partial charge in [0.05, 0.1) is 4.90 Å². The number of rotatable bonds is 4. The van der Waals surface area contributed by atoms with E-state index in [1.807, 2.05) is 11.8 Å². The molecule has 1 unspecified atom stereocenters. The molecule has 1 aliphatic rings. The van der Waals surface area contributed by atoms with E-state index in [-0.39, 0.29) is 21.4 Å². The third kappa shape index (κ3) is 3.81. The average molecular weight is 336 g/mol. The monoisotopic (exact) mass is 336 g/mol. The van der Waals surface area contributed by atoms with E-state index in [2.05, 4.69) is 4.72 Å². The fourth-order valence-electron chi connectivity index (χ4n) is 1.77. The molecule has 1 saturated heterocycles. The molecule has 1 aliphatic heterocycles. The van der Waals surface area contributed by atoms with Gasteiger partial charge in [-0.05, 0) is 19.1 Å². The molecule has 0 aromatic heterocycles. The summed E-state index contributed by atoms with van der Waals surface area (Å²) in [4.78, 5) is -0.119. The van der Waals surface area contributed by atoms with Crippen LogP contribution in [-0.4, -0.2) is 37.5 Å². The highest BCUT2D eigenvalue weighted by Gasteiger charge is 2.21. The Morgan fingerprint density at radius 1 is 1.45 bits per heavy atom. The highest BCUT2D eigenvalue weighted by molar-refractivity contribution is 8.06. The molecule has 1 atom stereocenters. The summed E-state index contributed by atoms with van der Waals surface area (Å²) in [6, 6.07) is 2.31. The molecule has 112 valence electrons. The molecule has 1 heterocycles. The van der Waals surface area contributed by atoms with E-state index in [1.54, 1.807) is 11.8 Å². The standard InChI is InChI=1S/C12H17FN2O2S3/c1-8-11(13)4-10(5-12(8)14)20(16,17)15-6-9-7-18-2-3-19-9/h4-5,9,15H,2-3,6-7,14H2,1H3. The first-order chi connectivity index (χ1) is 9.40. The molecule has 0 spiro atoms. The highest BCUT2D eigenvalue weighted by atomic mass is 32.2. The molecule has 0 amide bonds. The molecule has 4 nitrogen and oxygen atoms in total. The number of halogens is 1. The van der Waals surface area contributed by atoms with Gasteiger partial charge in [0, 0.05) is 40.3 Å². The largest absolute Gasteiger partial charge is 0.398 e. The maximum Gasteiger partial charge on any atom is 0.240 e. The molecule has 20 heavy (non-hydrogen) atoms. The van der Waals surface area contributed by atoms with Gasteiger partial charge in [0.15, 0.2) is 0 Å². The first kappa shape index (κ1) is 15.9. The molecule has 1 aromatic carbocycles. The third-order valence-electron chi connectivity index (χ3n) is 3.05. The van der Waals surface area contributed by atoms with Gasteiger partial charge in [-0.25, -0.2) is 17.5 Å². The van der Waals surface area contributed by atoms with Crippen molar-refractivity contribution in [3.05, 3.63) is 23.5 Å². The average Bonchev–Trinajstić information content (AvgIpc) is 2.43. The first-order valence-corrected chi connectivity index (χ1v) is 9.83. The second kappa shape index (κ2) is 6.55.